The van der Waals surface area contributed by atoms with Gasteiger partial charge in [0.15, 0.2) is 0 Å². The third kappa shape index (κ3) is 3.61. The predicted octanol–water partition coefficient (Wildman–Crippen LogP) is 4.15. The van der Waals surface area contributed by atoms with Crippen LogP contribution in [0.4, 0.5) is 0 Å². The highest BCUT2D eigenvalue weighted by atomic mass is 35.5. The summed E-state index contributed by atoms with van der Waals surface area (Å²) in [7, 11) is 1.56. The van der Waals surface area contributed by atoms with Gasteiger partial charge in [0.05, 0.1) is 23.6 Å². The first kappa shape index (κ1) is 17.0. The van der Waals surface area contributed by atoms with Crippen LogP contribution in [0.2, 0.25) is 5.02 Å². The van der Waals surface area contributed by atoms with Crippen molar-refractivity contribution >= 4 is 51.9 Å². The van der Waals surface area contributed by atoms with E-state index in [1.165, 1.54) is 11.8 Å². The zero-order valence-electron chi connectivity index (χ0n) is 12.7. The minimum absolute atomic E-state index is 0.110. The standard InChI is InChI=1S/C17H13ClN2O2S2/c1-22-14-5-4-11(7-13(14)18)8-15-16(21)20(17(23)24-15)10-12-3-2-6-19-9-12/h2-9H,10H2,1H3/b15-8+. The van der Waals surface area contributed by atoms with Crippen LogP contribution >= 0.6 is 35.6 Å². The van der Waals surface area contributed by atoms with Gasteiger partial charge in [0, 0.05) is 12.4 Å². The summed E-state index contributed by atoms with van der Waals surface area (Å²) < 4.78 is 5.67. The fourth-order valence-corrected chi connectivity index (χ4v) is 3.76. The zero-order chi connectivity index (χ0) is 17.1. The quantitative estimate of drug-likeness (QED) is 0.592. The SMILES string of the molecule is COc1ccc(/C=C2/SC(=S)N(Cc3cccnc3)C2=O)cc1Cl. The number of thiocarbonyl (C=S) groups is 1. The topological polar surface area (TPSA) is 42.4 Å². The van der Waals surface area contributed by atoms with Crippen molar-refractivity contribution < 1.29 is 9.53 Å². The molecule has 0 radical (unpaired) electrons. The molecule has 1 saturated heterocycles. The van der Waals surface area contributed by atoms with E-state index in [9.17, 15) is 4.79 Å². The van der Waals surface area contributed by atoms with Crippen LogP contribution in [0.1, 0.15) is 11.1 Å². The third-order valence-corrected chi connectivity index (χ3v) is 5.08. The number of hydrogen-bond donors (Lipinski definition) is 0. The number of halogens is 1. The molecule has 122 valence electrons. The van der Waals surface area contributed by atoms with Crippen LogP contribution in [0.5, 0.6) is 5.75 Å². The van der Waals surface area contributed by atoms with Crippen molar-refractivity contribution in [1.29, 1.82) is 0 Å². The monoisotopic (exact) mass is 376 g/mol. The second kappa shape index (κ2) is 7.34. The number of amides is 1. The Kier molecular flexibility index (Phi) is 5.18. The molecular formula is C17H13ClN2O2S2. The first-order valence-electron chi connectivity index (χ1n) is 7.06. The van der Waals surface area contributed by atoms with Gasteiger partial charge in [-0.1, -0.05) is 47.7 Å². The van der Waals surface area contributed by atoms with E-state index in [2.05, 4.69) is 4.98 Å². The van der Waals surface area contributed by atoms with Crippen molar-refractivity contribution in [2.75, 3.05) is 7.11 Å². The Hall–Kier alpha value is -1.89. The van der Waals surface area contributed by atoms with E-state index in [1.807, 2.05) is 18.2 Å². The predicted molar refractivity (Wildman–Crippen MR) is 101 cm³/mol. The summed E-state index contributed by atoms with van der Waals surface area (Å²) in [5, 5.41) is 0.497. The van der Waals surface area contributed by atoms with Crippen LogP contribution in [0.3, 0.4) is 0 Å². The van der Waals surface area contributed by atoms with Gasteiger partial charge in [0.1, 0.15) is 10.1 Å². The highest BCUT2D eigenvalue weighted by molar-refractivity contribution is 8.26. The number of thioether (sulfide) groups is 1. The summed E-state index contributed by atoms with van der Waals surface area (Å²) in [6.45, 7) is 0.416. The largest absolute Gasteiger partial charge is 0.495 e. The second-order valence-electron chi connectivity index (χ2n) is 5.02. The van der Waals surface area contributed by atoms with E-state index in [4.69, 9.17) is 28.6 Å². The Bertz CT molecular complexity index is 825. The summed E-state index contributed by atoms with van der Waals surface area (Å²) in [5.41, 5.74) is 1.75. The molecule has 1 aliphatic heterocycles. The summed E-state index contributed by atoms with van der Waals surface area (Å²) in [4.78, 5) is 18.8. The highest BCUT2D eigenvalue weighted by Gasteiger charge is 2.32. The fourth-order valence-electron chi connectivity index (χ4n) is 2.23. The molecule has 0 unspecified atom stereocenters. The lowest BCUT2D eigenvalue weighted by Gasteiger charge is -2.13. The summed E-state index contributed by atoms with van der Waals surface area (Å²) >= 11 is 12.7. The summed E-state index contributed by atoms with van der Waals surface area (Å²) in [5.74, 6) is 0.485. The molecule has 1 aromatic heterocycles. The van der Waals surface area contributed by atoms with Gasteiger partial charge in [-0.05, 0) is 35.4 Å². The number of carbonyl (C=O) groups excluding carboxylic acids is 1. The maximum Gasteiger partial charge on any atom is 0.266 e. The first-order valence-corrected chi connectivity index (χ1v) is 8.66. The van der Waals surface area contributed by atoms with Crippen LogP contribution in [-0.2, 0) is 11.3 Å². The van der Waals surface area contributed by atoms with Crippen LogP contribution in [-0.4, -0.2) is 27.2 Å². The van der Waals surface area contributed by atoms with E-state index in [-0.39, 0.29) is 5.91 Å². The van der Waals surface area contributed by atoms with E-state index < -0.39 is 0 Å². The Morgan fingerprint density at radius 3 is 2.92 bits per heavy atom. The van der Waals surface area contributed by atoms with Crippen LogP contribution < -0.4 is 4.74 Å². The van der Waals surface area contributed by atoms with E-state index in [1.54, 1.807) is 42.6 Å². The van der Waals surface area contributed by atoms with Gasteiger partial charge in [0.25, 0.3) is 5.91 Å². The minimum atomic E-state index is -0.110. The molecule has 1 fully saturated rings. The molecule has 0 aliphatic carbocycles. The van der Waals surface area contributed by atoms with Gasteiger partial charge in [-0.25, -0.2) is 0 Å². The molecule has 7 heteroatoms. The Morgan fingerprint density at radius 1 is 1.42 bits per heavy atom. The van der Waals surface area contributed by atoms with Gasteiger partial charge >= 0.3 is 0 Å². The zero-order valence-corrected chi connectivity index (χ0v) is 15.1. The van der Waals surface area contributed by atoms with E-state index in [0.29, 0.717) is 26.5 Å². The van der Waals surface area contributed by atoms with Gasteiger partial charge in [-0.3, -0.25) is 14.7 Å². The number of pyridine rings is 1. The Balaban J connectivity index is 1.82. The lowest BCUT2D eigenvalue weighted by Crippen LogP contribution is -2.27. The second-order valence-corrected chi connectivity index (χ2v) is 7.11. The molecule has 4 nitrogen and oxygen atoms in total. The van der Waals surface area contributed by atoms with E-state index in [0.717, 1.165) is 11.1 Å². The number of rotatable bonds is 4. The summed E-state index contributed by atoms with van der Waals surface area (Å²) in [6.07, 6.45) is 5.21. The van der Waals surface area contributed by atoms with Gasteiger partial charge < -0.3 is 4.74 Å². The minimum Gasteiger partial charge on any atom is -0.495 e. The molecule has 0 N–H and O–H groups in total. The molecule has 0 bridgehead atoms. The van der Waals surface area contributed by atoms with E-state index >= 15 is 0 Å². The first-order chi connectivity index (χ1) is 11.6. The van der Waals surface area contributed by atoms with Crippen molar-refractivity contribution in [2.45, 2.75) is 6.54 Å². The van der Waals surface area contributed by atoms with Gasteiger partial charge in [-0.15, -0.1) is 0 Å². The lowest BCUT2D eigenvalue weighted by atomic mass is 10.2. The van der Waals surface area contributed by atoms with Crippen molar-refractivity contribution in [2.24, 2.45) is 0 Å². The van der Waals surface area contributed by atoms with Gasteiger partial charge in [-0.2, -0.15) is 0 Å². The maximum atomic E-state index is 12.6. The van der Waals surface area contributed by atoms with Crippen molar-refractivity contribution in [1.82, 2.24) is 9.88 Å². The molecule has 1 aromatic carbocycles. The fraction of sp³-hybridized carbons (Fsp3) is 0.118. The number of nitrogens with zero attached hydrogens (tertiary/aromatic N) is 2. The number of benzene rings is 1. The highest BCUT2D eigenvalue weighted by Crippen LogP contribution is 2.34. The average molecular weight is 377 g/mol. The molecule has 0 spiro atoms. The number of aromatic nitrogens is 1. The number of hydrogen-bond acceptors (Lipinski definition) is 5. The number of carbonyl (C=O) groups is 1. The molecule has 0 atom stereocenters. The van der Waals surface area contributed by atoms with Crippen molar-refractivity contribution in [3.63, 3.8) is 0 Å². The maximum absolute atomic E-state index is 12.6. The average Bonchev–Trinajstić information content (AvgIpc) is 2.84. The third-order valence-electron chi connectivity index (χ3n) is 3.41. The molecular weight excluding hydrogens is 364 g/mol. The Labute approximate surface area is 154 Å². The Morgan fingerprint density at radius 2 is 2.25 bits per heavy atom. The van der Waals surface area contributed by atoms with Crippen LogP contribution in [0, 0.1) is 0 Å². The van der Waals surface area contributed by atoms with Crippen LogP contribution in [0.25, 0.3) is 6.08 Å². The van der Waals surface area contributed by atoms with Crippen molar-refractivity contribution in [3.05, 3.63) is 63.8 Å². The summed E-state index contributed by atoms with van der Waals surface area (Å²) in [6, 6.07) is 9.12. The smallest absolute Gasteiger partial charge is 0.266 e. The molecule has 1 amide bonds. The number of methoxy groups -OCH3 is 1. The molecule has 3 rings (SSSR count). The number of ether oxygens (including phenoxy) is 1. The molecule has 1 aliphatic rings. The molecule has 2 heterocycles. The van der Waals surface area contributed by atoms with Crippen LogP contribution in [0.15, 0.2) is 47.6 Å². The normalized spacial score (nSPS) is 16.1. The lowest BCUT2D eigenvalue weighted by molar-refractivity contribution is -0.122. The molecule has 24 heavy (non-hydrogen) atoms. The molecule has 2 aromatic rings. The van der Waals surface area contributed by atoms with Gasteiger partial charge in [0.2, 0.25) is 0 Å². The molecule has 0 saturated carbocycles. The van der Waals surface area contributed by atoms with Crippen molar-refractivity contribution in [3.8, 4) is 5.75 Å².